The standard InChI is InChI=1S/C17H27N3O/c1-19(2)17(21)14-9-10-16(15(18)11-14)20(3)12-13-7-5-4-6-8-13/h9-11,13H,4-8,12,18H2,1-3H3. The van der Waals surface area contributed by atoms with Crippen molar-refractivity contribution in [1.82, 2.24) is 4.90 Å². The van der Waals surface area contributed by atoms with Crippen LogP contribution in [0.15, 0.2) is 18.2 Å². The predicted molar refractivity (Wildman–Crippen MR) is 88.7 cm³/mol. The SMILES string of the molecule is CN(C)C(=O)c1ccc(N(C)CC2CCCCC2)c(N)c1. The van der Waals surface area contributed by atoms with Crippen LogP contribution >= 0.6 is 0 Å². The van der Waals surface area contributed by atoms with Gasteiger partial charge in [-0.15, -0.1) is 0 Å². The Balaban J connectivity index is 2.07. The van der Waals surface area contributed by atoms with E-state index in [0.717, 1.165) is 18.2 Å². The van der Waals surface area contributed by atoms with Crippen LogP contribution in [-0.4, -0.2) is 38.5 Å². The highest BCUT2D eigenvalue weighted by Gasteiger charge is 2.17. The molecule has 0 spiro atoms. The summed E-state index contributed by atoms with van der Waals surface area (Å²) in [6, 6.07) is 5.62. The summed E-state index contributed by atoms with van der Waals surface area (Å²) in [7, 11) is 5.59. The lowest BCUT2D eigenvalue weighted by molar-refractivity contribution is 0.0827. The molecule has 116 valence electrons. The molecule has 2 N–H and O–H groups in total. The summed E-state index contributed by atoms with van der Waals surface area (Å²) in [6.45, 7) is 1.05. The maximum atomic E-state index is 12.0. The third-order valence-corrected chi connectivity index (χ3v) is 4.35. The first-order valence-corrected chi connectivity index (χ1v) is 7.81. The van der Waals surface area contributed by atoms with Gasteiger partial charge in [0.25, 0.3) is 5.91 Å². The molecule has 1 aromatic carbocycles. The van der Waals surface area contributed by atoms with E-state index < -0.39 is 0 Å². The molecule has 1 aromatic rings. The first-order valence-electron chi connectivity index (χ1n) is 7.81. The molecule has 0 saturated heterocycles. The van der Waals surface area contributed by atoms with Crippen LogP contribution in [0.4, 0.5) is 11.4 Å². The van der Waals surface area contributed by atoms with Crippen LogP contribution in [-0.2, 0) is 0 Å². The van der Waals surface area contributed by atoms with Gasteiger partial charge in [-0.1, -0.05) is 19.3 Å². The van der Waals surface area contributed by atoms with Gasteiger partial charge in [0.05, 0.1) is 11.4 Å². The molecule has 1 saturated carbocycles. The van der Waals surface area contributed by atoms with Gasteiger partial charge in [-0.05, 0) is 37.0 Å². The second kappa shape index (κ2) is 6.83. The third kappa shape index (κ3) is 3.90. The highest BCUT2D eigenvalue weighted by molar-refractivity contribution is 5.95. The quantitative estimate of drug-likeness (QED) is 0.867. The van der Waals surface area contributed by atoms with Gasteiger partial charge in [-0.25, -0.2) is 0 Å². The number of nitrogens with zero attached hydrogens (tertiary/aromatic N) is 2. The molecule has 0 aromatic heterocycles. The summed E-state index contributed by atoms with van der Waals surface area (Å²) in [5.74, 6) is 0.759. The van der Waals surface area contributed by atoms with Gasteiger partial charge in [-0.2, -0.15) is 0 Å². The van der Waals surface area contributed by atoms with Crippen molar-refractivity contribution in [1.29, 1.82) is 0 Å². The van der Waals surface area contributed by atoms with E-state index in [0.29, 0.717) is 11.3 Å². The number of nitrogen functional groups attached to an aromatic ring is 1. The van der Waals surface area contributed by atoms with Crippen molar-refractivity contribution in [3.05, 3.63) is 23.8 Å². The molecule has 4 nitrogen and oxygen atoms in total. The maximum Gasteiger partial charge on any atom is 0.253 e. The number of hydrogen-bond acceptors (Lipinski definition) is 3. The Bertz CT molecular complexity index is 493. The molecule has 0 radical (unpaired) electrons. The van der Waals surface area contributed by atoms with Crippen LogP contribution in [0.25, 0.3) is 0 Å². The zero-order valence-corrected chi connectivity index (χ0v) is 13.4. The topological polar surface area (TPSA) is 49.6 Å². The molecule has 0 heterocycles. The number of benzene rings is 1. The zero-order chi connectivity index (χ0) is 15.4. The number of hydrogen-bond donors (Lipinski definition) is 1. The van der Waals surface area contributed by atoms with E-state index in [2.05, 4.69) is 11.9 Å². The minimum absolute atomic E-state index is 0.0109. The van der Waals surface area contributed by atoms with Crippen molar-refractivity contribution < 1.29 is 4.79 Å². The van der Waals surface area contributed by atoms with Crippen LogP contribution < -0.4 is 10.6 Å². The summed E-state index contributed by atoms with van der Waals surface area (Å²) < 4.78 is 0. The van der Waals surface area contributed by atoms with Crippen molar-refractivity contribution in [2.75, 3.05) is 38.3 Å². The van der Waals surface area contributed by atoms with Crippen molar-refractivity contribution in [2.45, 2.75) is 32.1 Å². The van der Waals surface area contributed by atoms with Crippen LogP contribution in [0.1, 0.15) is 42.5 Å². The molecule has 21 heavy (non-hydrogen) atoms. The molecule has 1 fully saturated rings. The number of anilines is 2. The summed E-state index contributed by atoms with van der Waals surface area (Å²) in [6.07, 6.45) is 6.72. The highest BCUT2D eigenvalue weighted by Crippen LogP contribution is 2.29. The van der Waals surface area contributed by atoms with E-state index in [4.69, 9.17) is 5.73 Å². The van der Waals surface area contributed by atoms with Crippen LogP contribution in [0, 0.1) is 5.92 Å². The van der Waals surface area contributed by atoms with E-state index >= 15 is 0 Å². The average molecular weight is 289 g/mol. The fourth-order valence-electron chi connectivity index (χ4n) is 3.15. The zero-order valence-electron chi connectivity index (χ0n) is 13.4. The van der Waals surface area contributed by atoms with Gasteiger partial charge in [0, 0.05) is 33.3 Å². The number of carbonyl (C=O) groups is 1. The fourth-order valence-corrected chi connectivity index (χ4v) is 3.15. The Morgan fingerprint density at radius 2 is 1.86 bits per heavy atom. The predicted octanol–water partition coefficient (Wildman–Crippen LogP) is 2.99. The van der Waals surface area contributed by atoms with Crippen LogP contribution in [0.3, 0.4) is 0 Å². The van der Waals surface area contributed by atoms with Gasteiger partial charge < -0.3 is 15.5 Å². The summed E-state index contributed by atoms with van der Waals surface area (Å²) in [5, 5.41) is 0. The number of rotatable bonds is 4. The minimum Gasteiger partial charge on any atom is -0.397 e. The fraction of sp³-hybridized carbons (Fsp3) is 0.588. The van der Waals surface area contributed by atoms with Gasteiger partial charge in [0.2, 0.25) is 0 Å². The molecule has 0 bridgehead atoms. The summed E-state index contributed by atoms with van der Waals surface area (Å²) in [5.41, 5.74) is 8.50. The Morgan fingerprint density at radius 1 is 1.19 bits per heavy atom. The second-order valence-electron chi connectivity index (χ2n) is 6.36. The number of carbonyl (C=O) groups excluding carboxylic acids is 1. The summed E-state index contributed by atoms with van der Waals surface area (Å²) in [4.78, 5) is 15.8. The first kappa shape index (κ1) is 15.7. The Hall–Kier alpha value is -1.71. The van der Waals surface area contributed by atoms with Crippen molar-refractivity contribution in [3.63, 3.8) is 0 Å². The average Bonchev–Trinajstić information content (AvgIpc) is 2.47. The molecule has 2 rings (SSSR count). The van der Waals surface area contributed by atoms with Gasteiger partial charge >= 0.3 is 0 Å². The minimum atomic E-state index is -0.0109. The second-order valence-corrected chi connectivity index (χ2v) is 6.36. The molecule has 1 amide bonds. The highest BCUT2D eigenvalue weighted by atomic mass is 16.2. The molecule has 0 aliphatic heterocycles. The third-order valence-electron chi connectivity index (χ3n) is 4.35. The molecular formula is C17H27N3O. The Labute approximate surface area is 127 Å². The lowest BCUT2D eigenvalue weighted by Crippen LogP contribution is -2.27. The van der Waals surface area contributed by atoms with E-state index in [1.807, 2.05) is 12.1 Å². The van der Waals surface area contributed by atoms with Crippen molar-refractivity contribution in [3.8, 4) is 0 Å². The Kier molecular flexibility index (Phi) is 5.10. The normalized spacial score (nSPS) is 15.8. The van der Waals surface area contributed by atoms with E-state index in [9.17, 15) is 4.79 Å². The monoisotopic (exact) mass is 289 g/mol. The Morgan fingerprint density at radius 3 is 2.43 bits per heavy atom. The molecule has 1 aliphatic carbocycles. The smallest absolute Gasteiger partial charge is 0.253 e. The van der Waals surface area contributed by atoms with Gasteiger partial charge in [-0.3, -0.25) is 4.79 Å². The molecule has 0 atom stereocenters. The van der Waals surface area contributed by atoms with Crippen molar-refractivity contribution in [2.24, 2.45) is 5.92 Å². The lowest BCUT2D eigenvalue weighted by Gasteiger charge is -2.29. The van der Waals surface area contributed by atoms with E-state index in [-0.39, 0.29) is 5.91 Å². The van der Waals surface area contributed by atoms with Crippen molar-refractivity contribution >= 4 is 17.3 Å². The largest absolute Gasteiger partial charge is 0.397 e. The van der Waals surface area contributed by atoms with Gasteiger partial charge in [0.15, 0.2) is 0 Å². The molecule has 4 heteroatoms. The number of nitrogens with two attached hydrogens (primary N) is 1. The number of amides is 1. The van der Waals surface area contributed by atoms with Crippen LogP contribution in [0.2, 0.25) is 0 Å². The molecular weight excluding hydrogens is 262 g/mol. The first-order chi connectivity index (χ1) is 9.99. The lowest BCUT2D eigenvalue weighted by atomic mass is 9.89. The maximum absolute atomic E-state index is 12.0. The molecule has 1 aliphatic rings. The molecule has 0 unspecified atom stereocenters. The van der Waals surface area contributed by atoms with Gasteiger partial charge in [0.1, 0.15) is 0 Å². The summed E-state index contributed by atoms with van der Waals surface area (Å²) >= 11 is 0. The van der Waals surface area contributed by atoms with Crippen LogP contribution in [0.5, 0.6) is 0 Å². The van der Waals surface area contributed by atoms with E-state index in [1.165, 1.54) is 32.1 Å². The van der Waals surface area contributed by atoms with E-state index in [1.54, 1.807) is 25.1 Å².